The lowest BCUT2D eigenvalue weighted by atomic mass is 10.1. The Hall–Kier alpha value is -3.24. The molecule has 0 fully saturated rings. The van der Waals surface area contributed by atoms with Crippen LogP contribution in [0.4, 0.5) is 0 Å². The number of carbonyl (C=O) groups is 3. The van der Waals surface area contributed by atoms with Crippen LogP contribution in [0.15, 0.2) is 47.4 Å². The van der Waals surface area contributed by atoms with Gasteiger partial charge in [-0.2, -0.15) is 0 Å². The molecule has 0 bridgehead atoms. The van der Waals surface area contributed by atoms with Crippen molar-refractivity contribution in [2.75, 3.05) is 20.8 Å². The zero-order valence-electron chi connectivity index (χ0n) is 16.7. The van der Waals surface area contributed by atoms with E-state index in [0.29, 0.717) is 17.7 Å². The van der Waals surface area contributed by atoms with Crippen LogP contribution in [0, 0.1) is 0 Å². The summed E-state index contributed by atoms with van der Waals surface area (Å²) in [6, 6.07) is 9.89. The number of esters is 2. The maximum absolute atomic E-state index is 12.8. The second-order valence-corrected chi connectivity index (χ2v) is 7.81. The van der Waals surface area contributed by atoms with Crippen LogP contribution in [0.5, 0.6) is 0 Å². The first-order chi connectivity index (χ1) is 14.2. The fourth-order valence-corrected chi connectivity index (χ4v) is 3.80. The number of hydrogen-bond donors (Lipinski definition) is 2. The molecule has 0 heterocycles. The van der Waals surface area contributed by atoms with Gasteiger partial charge in [-0.25, -0.2) is 22.7 Å². The van der Waals surface area contributed by atoms with E-state index < -0.39 is 26.9 Å². The van der Waals surface area contributed by atoms with Gasteiger partial charge < -0.3 is 14.8 Å². The van der Waals surface area contributed by atoms with Crippen molar-refractivity contribution in [1.29, 1.82) is 0 Å². The Morgan fingerprint density at radius 1 is 0.900 bits per heavy atom. The van der Waals surface area contributed by atoms with Gasteiger partial charge in [0.2, 0.25) is 10.0 Å². The highest BCUT2D eigenvalue weighted by Gasteiger charge is 2.25. The van der Waals surface area contributed by atoms with Gasteiger partial charge in [0.05, 0.1) is 30.2 Å². The summed E-state index contributed by atoms with van der Waals surface area (Å²) in [6.07, 6.45) is 0. The van der Waals surface area contributed by atoms with Crippen molar-refractivity contribution >= 4 is 27.9 Å². The maximum atomic E-state index is 12.8. The van der Waals surface area contributed by atoms with Crippen LogP contribution in [0.1, 0.15) is 43.6 Å². The molecule has 30 heavy (non-hydrogen) atoms. The molecule has 2 aromatic carbocycles. The Kier molecular flexibility index (Phi) is 7.67. The number of rotatable bonds is 8. The number of amides is 1. The summed E-state index contributed by atoms with van der Waals surface area (Å²) in [5, 5.41) is 2.67. The van der Waals surface area contributed by atoms with Crippen molar-refractivity contribution in [3.05, 3.63) is 64.7 Å². The highest BCUT2D eigenvalue weighted by atomic mass is 32.2. The van der Waals surface area contributed by atoms with Gasteiger partial charge in [-0.15, -0.1) is 0 Å². The molecule has 0 atom stereocenters. The maximum Gasteiger partial charge on any atom is 0.339 e. The summed E-state index contributed by atoms with van der Waals surface area (Å²) >= 11 is 0. The number of carbonyl (C=O) groups excluding carboxylic acids is 3. The van der Waals surface area contributed by atoms with Crippen molar-refractivity contribution < 1.29 is 32.3 Å². The fraction of sp³-hybridized carbons (Fsp3) is 0.250. The van der Waals surface area contributed by atoms with Gasteiger partial charge >= 0.3 is 11.9 Å². The summed E-state index contributed by atoms with van der Waals surface area (Å²) < 4.78 is 37.3. The van der Waals surface area contributed by atoms with E-state index in [1.165, 1.54) is 12.1 Å². The smallest absolute Gasteiger partial charge is 0.339 e. The van der Waals surface area contributed by atoms with Crippen LogP contribution in [0.3, 0.4) is 0 Å². The first kappa shape index (κ1) is 23.0. The lowest BCUT2D eigenvalue weighted by molar-refractivity contribution is 0.0583. The first-order valence-electron chi connectivity index (χ1n) is 8.91. The normalized spacial score (nSPS) is 10.9. The lowest BCUT2D eigenvalue weighted by Crippen LogP contribution is -2.26. The fourth-order valence-electron chi connectivity index (χ4n) is 2.56. The number of nitrogens with one attached hydrogen (secondary N) is 2. The quantitative estimate of drug-likeness (QED) is 0.603. The molecule has 0 unspecified atom stereocenters. The second kappa shape index (κ2) is 9.99. The molecule has 0 saturated heterocycles. The summed E-state index contributed by atoms with van der Waals surface area (Å²) in [4.78, 5) is 35.2. The predicted octanol–water partition coefficient (Wildman–Crippen LogP) is 1.49. The molecule has 1 amide bonds. The Balaban J connectivity index is 2.28. The molecular formula is C20H22N2O7S. The molecule has 2 aromatic rings. The minimum atomic E-state index is -4.18. The standard InChI is InChI=1S/C20H22N2O7S/c1-4-21-18(23)14-7-5-13(6-8-14)12-22-30(26,27)17-11-15(19(24)28-2)9-10-16(17)20(25)29-3/h5-11,22H,4,12H2,1-3H3,(H,21,23). The molecule has 2 rings (SSSR count). The van der Waals surface area contributed by atoms with E-state index in [9.17, 15) is 22.8 Å². The summed E-state index contributed by atoms with van der Waals surface area (Å²) in [5.41, 5.74) is 0.790. The molecular weight excluding hydrogens is 412 g/mol. The Bertz CT molecular complexity index is 1050. The van der Waals surface area contributed by atoms with Gasteiger partial charge in [0.1, 0.15) is 0 Å². The van der Waals surface area contributed by atoms with Crippen LogP contribution in [-0.4, -0.2) is 47.0 Å². The van der Waals surface area contributed by atoms with E-state index in [0.717, 1.165) is 20.3 Å². The second-order valence-electron chi connectivity index (χ2n) is 6.08. The van der Waals surface area contributed by atoms with Crippen LogP contribution in [0.25, 0.3) is 0 Å². The number of benzene rings is 2. The minimum Gasteiger partial charge on any atom is -0.465 e. The average molecular weight is 434 g/mol. The first-order valence-corrected chi connectivity index (χ1v) is 10.4. The lowest BCUT2D eigenvalue weighted by Gasteiger charge is -2.12. The number of sulfonamides is 1. The highest BCUT2D eigenvalue weighted by molar-refractivity contribution is 7.89. The van der Waals surface area contributed by atoms with E-state index in [1.807, 2.05) is 0 Å². The molecule has 0 aliphatic carbocycles. The van der Waals surface area contributed by atoms with Crippen molar-refractivity contribution in [3.8, 4) is 0 Å². The van der Waals surface area contributed by atoms with E-state index in [1.54, 1.807) is 31.2 Å². The average Bonchev–Trinajstić information content (AvgIpc) is 2.76. The van der Waals surface area contributed by atoms with Crippen molar-refractivity contribution in [1.82, 2.24) is 10.0 Å². The third kappa shape index (κ3) is 5.43. The van der Waals surface area contributed by atoms with Crippen LogP contribution in [-0.2, 0) is 26.0 Å². The molecule has 0 radical (unpaired) electrons. The molecule has 9 nitrogen and oxygen atoms in total. The van der Waals surface area contributed by atoms with Crippen LogP contribution < -0.4 is 10.0 Å². The van der Waals surface area contributed by atoms with E-state index in [4.69, 9.17) is 0 Å². The van der Waals surface area contributed by atoms with Crippen molar-refractivity contribution in [2.24, 2.45) is 0 Å². The summed E-state index contributed by atoms with van der Waals surface area (Å²) in [6.45, 7) is 2.20. The van der Waals surface area contributed by atoms with Gasteiger partial charge in [-0.1, -0.05) is 12.1 Å². The largest absolute Gasteiger partial charge is 0.465 e. The summed E-state index contributed by atoms with van der Waals surface area (Å²) in [5.74, 6) is -1.84. The van der Waals surface area contributed by atoms with Crippen molar-refractivity contribution in [3.63, 3.8) is 0 Å². The van der Waals surface area contributed by atoms with Gasteiger partial charge in [0.15, 0.2) is 0 Å². The SMILES string of the molecule is CCNC(=O)c1ccc(CNS(=O)(=O)c2cc(C(=O)OC)ccc2C(=O)OC)cc1. The highest BCUT2D eigenvalue weighted by Crippen LogP contribution is 2.20. The van der Waals surface area contributed by atoms with Gasteiger partial charge in [-0.3, -0.25) is 4.79 Å². The zero-order valence-corrected chi connectivity index (χ0v) is 17.5. The molecule has 0 saturated carbocycles. The molecule has 0 aliphatic heterocycles. The third-order valence-electron chi connectivity index (χ3n) is 4.12. The molecule has 0 spiro atoms. The Morgan fingerprint density at radius 2 is 1.50 bits per heavy atom. The third-order valence-corrected chi connectivity index (χ3v) is 5.56. The molecule has 160 valence electrons. The topological polar surface area (TPSA) is 128 Å². The monoisotopic (exact) mass is 434 g/mol. The molecule has 2 N–H and O–H groups in total. The molecule has 0 aliphatic rings. The number of ether oxygens (including phenoxy) is 2. The Morgan fingerprint density at radius 3 is 2.07 bits per heavy atom. The van der Waals surface area contributed by atoms with E-state index >= 15 is 0 Å². The van der Waals surface area contributed by atoms with Crippen LogP contribution >= 0.6 is 0 Å². The minimum absolute atomic E-state index is 0.0307. The van der Waals surface area contributed by atoms with E-state index in [2.05, 4.69) is 19.5 Å². The number of hydrogen-bond acceptors (Lipinski definition) is 7. The van der Waals surface area contributed by atoms with E-state index in [-0.39, 0.29) is 23.6 Å². The van der Waals surface area contributed by atoms with Gasteiger partial charge in [-0.05, 0) is 42.8 Å². The van der Waals surface area contributed by atoms with Gasteiger partial charge in [0, 0.05) is 18.7 Å². The molecule has 0 aromatic heterocycles. The Labute approximate surface area is 174 Å². The predicted molar refractivity (Wildman–Crippen MR) is 108 cm³/mol. The van der Waals surface area contributed by atoms with Gasteiger partial charge in [0.25, 0.3) is 5.91 Å². The summed E-state index contributed by atoms with van der Waals surface area (Å²) in [7, 11) is -1.90. The molecule has 10 heteroatoms. The van der Waals surface area contributed by atoms with Crippen LogP contribution in [0.2, 0.25) is 0 Å². The van der Waals surface area contributed by atoms with Crippen molar-refractivity contribution in [2.45, 2.75) is 18.4 Å². The number of methoxy groups -OCH3 is 2. The zero-order chi connectivity index (χ0) is 22.3.